The molecule has 1 amide bonds. The summed E-state index contributed by atoms with van der Waals surface area (Å²) in [6, 6.07) is 11.3. The highest BCUT2D eigenvalue weighted by atomic mass is 35.5. The maximum absolute atomic E-state index is 12.7. The molecule has 5 nitrogen and oxygen atoms in total. The van der Waals surface area contributed by atoms with Crippen LogP contribution in [0.3, 0.4) is 0 Å². The summed E-state index contributed by atoms with van der Waals surface area (Å²) in [4.78, 5) is 17.3. The second kappa shape index (κ2) is 7.08. The van der Waals surface area contributed by atoms with Gasteiger partial charge in [-0.05, 0) is 31.0 Å². The molecule has 0 atom stereocenters. The van der Waals surface area contributed by atoms with Gasteiger partial charge in [-0.3, -0.25) is 9.78 Å². The lowest BCUT2D eigenvalue weighted by molar-refractivity contribution is -0.115. The van der Waals surface area contributed by atoms with Crippen LogP contribution in [0.5, 0.6) is 11.5 Å². The SMILES string of the molecule is Cc1nc2ccccc2c(C)c1CC(=O)Nc1cc2c(cc1Cl)OCCO2. The highest BCUT2D eigenvalue weighted by Crippen LogP contribution is 2.38. The van der Waals surface area contributed by atoms with Crippen LogP contribution < -0.4 is 14.8 Å². The number of amides is 1. The molecule has 1 aliphatic rings. The minimum atomic E-state index is -0.156. The minimum absolute atomic E-state index is 0.156. The topological polar surface area (TPSA) is 60.5 Å². The summed E-state index contributed by atoms with van der Waals surface area (Å²) >= 11 is 6.29. The van der Waals surface area contributed by atoms with Crippen LogP contribution in [-0.4, -0.2) is 24.1 Å². The third kappa shape index (κ3) is 3.43. The van der Waals surface area contributed by atoms with E-state index in [9.17, 15) is 4.79 Å². The van der Waals surface area contributed by atoms with Crippen molar-refractivity contribution in [1.82, 2.24) is 4.98 Å². The first kappa shape index (κ1) is 17.6. The molecule has 0 fully saturated rings. The molecule has 6 heteroatoms. The fraction of sp³-hybridized carbons (Fsp3) is 0.238. The second-order valence-corrected chi connectivity index (χ2v) is 6.93. The van der Waals surface area contributed by atoms with Gasteiger partial charge in [0.05, 0.1) is 22.6 Å². The number of para-hydroxylation sites is 1. The standard InChI is InChI=1S/C21H19ClN2O3/c1-12-14-5-3-4-6-17(14)23-13(2)15(12)9-21(25)24-18-11-20-19(10-16(18)22)26-7-8-27-20/h3-6,10-11H,7-9H2,1-2H3,(H,24,25). The average Bonchev–Trinajstić information content (AvgIpc) is 2.66. The summed E-state index contributed by atoms with van der Waals surface area (Å²) in [5, 5.41) is 4.35. The Hall–Kier alpha value is -2.79. The van der Waals surface area contributed by atoms with E-state index in [4.69, 9.17) is 21.1 Å². The van der Waals surface area contributed by atoms with Crippen molar-refractivity contribution < 1.29 is 14.3 Å². The highest BCUT2D eigenvalue weighted by Gasteiger charge is 2.18. The van der Waals surface area contributed by atoms with Gasteiger partial charge in [0, 0.05) is 23.2 Å². The molecule has 2 heterocycles. The lowest BCUT2D eigenvalue weighted by atomic mass is 9.99. The van der Waals surface area contributed by atoms with Gasteiger partial charge < -0.3 is 14.8 Å². The predicted octanol–water partition coefficient (Wildman–Crippen LogP) is 4.46. The number of hydrogen-bond acceptors (Lipinski definition) is 4. The van der Waals surface area contributed by atoms with Gasteiger partial charge in [0.25, 0.3) is 0 Å². The predicted molar refractivity (Wildman–Crippen MR) is 106 cm³/mol. The zero-order valence-electron chi connectivity index (χ0n) is 15.1. The molecule has 1 N–H and O–H groups in total. The summed E-state index contributed by atoms with van der Waals surface area (Å²) in [5.41, 5.74) is 4.30. The number of nitrogens with one attached hydrogen (secondary N) is 1. The van der Waals surface area contributed by atoms with Gasteiger partial charge >= 0.3 is 0 Å². The van der Waals surface area contributed by atoms with Crippen LogP contribution in [0.4, 0.5) is 5.69 Å². The Balaban J connectivity index is 1.59. The maximum Gasteiger partial charge on any atom is 0.228 e. The minimum Gasteiger partial charge on any atom is -0.486 e. The zero-order chi connectivity index (χ0) is 19.0. The maximum atomic E-state index is 12.7. The molecule has 1 aliphatic heterocycles. The monoisotopic (exact) mass is 382 g/mol. The Morgan fingerprint density at radius 3 is 2.63 bits per heavy atom. The fourth-order valence-corrected chi connectivity index (χ4v) is 3.55. The molecule has 0 unspecified atom stereocenters. The van der Waals surface area contributed by atoms with Crippen LogP contribution >= 0.6 is 11.6 Å². The average molecular weight is 383 g/mol. The van der Waals surface area contributed by atoms with Crippen LogP contribution in [0.2, 0.25) is 5.02 Å². The number of ether oxygens (including phenoxy) is 2. The van der Waals surface area contributed by atoms with E-state index in [0.717, 1.165) is 27.7 Å². The Bertz CT molecular complexity index is 1050. The molecule has 0 radical (unpaired) electrons. The van der Waals surface area contributed by atoms with Gasteiger partial charge in [-0.1, -0.05) is 29.8 Å². The molecular formula is C21H19ClN2O3. The van der Waals surface area contributed by atoms with Crippen molar-refractivity contribution in [2.75, 3.05) is 18.5 Å². The number of carbonyl (C=O) groups excluding carboxylic acids is 1. The first-order valence-electron chi connectivity index (χ1n) is 8.77. The zero-order valence-corrected chi connectivity index (χ0v) is 15.9. The van der Waals surface area contributed by atoms with Gasteiger partial charge in [-0.15, -0.1) is 0 Å². The number of benzene rings is 2. The Morgan fingerprint density at radius 2 is 1.85 bits per heavy atom. The van der Waals surface area contributed by atoms with E-state index in [1.807, 2.05) is 38.1 Å². The van der Waals surface area contributed by atoms with Gasteiger partial charge in [0.2, 0.25) is 5.91 Å². The number of pyridine rings is 1. The van der Waals surface area contributed by atoms with E-state index in [1.165, 1.54) is 0 Å². The van der Waals surface area contributed by atoms with E-state index in [-0.39, 0.29) is 12.3 Å². The van der Waals surface area contributed by atoms with Crippen molar-refractivity contribution in [2.45, 2.75) is 20.3 Å². The summed E-state index contributed by atoms with van der Waals surface area (Å²) in [6.07, 6.45) is 0.222. The molecular weight excluding hydrogens is 364 g/mol. The van der Waals surface area contributed by atoms with Crippen LogP contribution in [0.1, 0.15) is 16.8 Å². The number of aromatic nitrogens is 1. The number of anilines is 1. The third-order valence-corrected chi connectivity index (χ3v) is 5.04. The summed E-state index contributed by atoms with van der Waals surface area (Å²) in [7, 11) is 0. The van der Waals surface area contributed by atoms with E-state index in [0.29, 0.717) is 35.4 Å². The van der Waals surface area contributed by atoms with Crippen molar-refractivity contribution in [3.63, 3.8) is 0 Å². The van der Waals surface area contributed by atoms with E-state index < -0.39 is 0 Å². The van der Waals surface area contributed by atoms with Crippen molar-refractivity contribution >= 4 is 34.1 Å². The summed E-state index contributed by atoms with van der Waals surface area (Å²) < 4.78 is 11.1. The largest absolute Gasteiger partial charge is 0.486 e. The molecule has 0 aliphatic carbocycles. The highest BCUT2D eigenvalue weighted by molar-refractivity contribution is 6.34. The Kier molecular flexibility index (Phi) is 4.62. The second-order valence-electron chi connectivity index (χ2n) is 6.52. The molecule has 0 saturated heterocycles. The summed E-state index contributed by atoms with van der Waals surface area (Å²) in [6.45, 7) is 4.92. The Morgan fingerprint density at radius 1 is 1.15 bits per heavy atom. The van der Waals surface area contributed by atoms with Crippen molar-refractivity contribution in [2.24, 2.45) is 0 Å². The van der Waals surface area contributed by atoms with Crippen LogP contribution in [0, 0.1) is 13.8 Å². The van der Waals surface area contributed by atoms with E-state index >= 15 is 0 Å². The van der Waals surface area contributed by atoms with Crippen molar-refractivity contribution in [3.05, 3.63) is 58.2 Å². The number of hydrogen-bond donors (Lipinski definition) is 1. The molecule has 1 aromatic heterocycles. The van der Waals surface area contributed by atoms with E-state index in [1.54, 1.807) is 12.1 Å². The fourth-order valence-electron chi connectivity index (χ4n) is 3.35. The van der Waals surface area contributed by atoms with Gasteiger partial charge in [-0.2, -0.15) is 0 Å². The number of rotatable bonds is 3. The van der Waals surface area contributed by atoms with Gasteiger partial charge in [-0.25, -0.2) is 0 Å². The van der Waals surface area contributed by atoms with Gasteiger partial charge in [0.15, 0.2) is 11.5 Å². The molecule has 2 aromatic carbocycles. The van der Waals surface area contributed by atoms with Crippen LogP contribution in [-0.2, 0) is 11.2 Å². The summed E-state index contributed by atoms with van der Waals surface area (Å²) in [5.74, 6) is 1.02. The van der Waals surface area contributed by atoms with Gasteiger partial charge in [0.1, 0.15) is 13.2 Å². The normalized spacial score (nSPS) is 12.9. The van der Waals surface area contributed by atoms with Crippen LogP contribution in [0.15, 0.2) is 36.4 Å². The smallest absolute Gasteiger partial charge is 0.228 e. The molecule has 138 valence electrons. The lowest BCUT2D eigenvalue weighted by Gasteiger charge is -2.20. The first-order valence-corrected chi connectivity index (χ1v) is 9.14. The number of fused-ring (bicyclic) bond motifs is 2. The molecule has 0 saturated carbocycles. The number of halogens is 1. The number of nitrogens with zero attached hydrogens (tertiary/aromatic N) is 1. The lowest BCUT2D eigenvalue weighted by Crippen LogP contribution is -2.18. The molecule has 0 bridgehead atoms. The van der Waals surface area contributed by atoms with E-state index in [2.05, 4.69) is 10.3 Å². The first-order chi connectivity index (χ1) is 13.0. The molecule has 3 aromatic rings. The molecule has 27 heavy (non-hydrogen) atoms. The molecule has 0 spiro atoms. The molecule has 4 rings (SSSR count). The quantitative estimate of drug-likeness (QED) is 0.726. The third-order valence-electron chi connectivity index (χ3n) is 4.73. The number of aryl methyl sites for hydroxylation is 2. The number of carbonyl (C=O) groups is 1. The van der Waals surface area contributed by atoms with Crippen molar-refractivity contribution in [1.29, 1.82) is 0 Å². The van der Waals surface area contributed by atoms with Crippen molar-refractivity contribution in [3.8, 4) is 11.5 Å². The Labute approximate surface area is 162 Å². The van der Waals surface area contributed by atoms with Crippen LogP contribution in [0.25, 0.3) is 10.9 Å².